The van der Waals surface area contributed by atoms with Gasteiger partial charge in [-0.25, -0.2) is 4.39 Å². The van der Waals surface area contributed by atoms with Crippen molar-refractivity contribution < 1.29 is 4.39 Å². The van der Waals surface area contributed by atoms with Gasteiger partial charge in [-0.3, -0.25) is 4.68 Å². The second-order valence-electron chi connectivity index (χ2n) is 5.87. The highest BCUT2D eigenvalue weighted by atomic mass is 32.1. The largest absolute Gasteiger partial charge is 0.332 e. The molecule has 0 fully saturated rings. The average Bonchev–Trinajstić information content (AvgIpc) is 3.00. The first-order chi connectivity index (χ1) is 12.0. The zero-order valence-corrected chi connectivity index (χ0v) is 14.9. The Bertz CT molecular complexity index is 904. The molecule has 0 saturated carbocycles. The number of benzene rings is 2. The predicted octanol–water partition coefficient (Wildman–Crippen LogP) is 4.50. The monoisotopic (exact) mass is 354 g/mol. The number of aromatic nitrogens is 2. The lowest BCUT2D eigenvalue weighted by Gasteiger charge is -2.10. The quantitative estimate of drug-likeness (QED) is 0.677. The summed E-state index contributed by atoms with van der Waals surface area (Å²) >= 11 is 5.32. The molecular formula is C19H19FN4S. The molecule has 0 aliphatic carbocycles. The first kappa shape index (κ1) is 17.1. The molecular weight excluding hydrogens is 335 g/mol. The third kappa shape index (κ3) is 4.42. The van der Waals surface area contributed by atoms with Gasteiger partial charge < -0.3 is 10.6 Å². The van der Waals surface area contributed by atoms with Crippen LogP contribution in [0.2, 0.25) is 0 Å². The molecule has 1 heterocycles. The standard InChI is InChI=1S/C19H19FN4S/c1-13-7-8-16(11-14(13)2)21-19(25)22-18-9-10-24(23-18)12-15-5-3-4-6-17(15)20/h3-11H,12H2,1-2H3,(H2,21,22,23,25). The first-order valence-corrected chi connectivity index (χ1v) is 8.34. The average molecular weight is 354 g/mol. The number of thiocarbonyl (C=S) groups is 1. The molecule has 3 aromatic rings. The summed E-state index contributed by atoms with van der Waals surface area (Å²) in [6, 6.07) is 14.5. The van der Waals surface area contributed by atoms with Gasteiger partial charge in [0.15, 0.2) is 10.9 Å². The summed E-state index contributed by atoms with van der Waals surface area (Å²) in [7, 11) is 0. The van der Waals surface area contributed by atoms with Crippen molar-refractivity contribution in [1.29, 1.82) is 0 Å². The Labute approximate surface area is 151 Å². The number of rotatable bonds is 4. The van der Waals surface area contributed by atoms with Gasteiger partial charge in [0.1, 0.15) is 5.82 Å². The molecule has 128 valence electrons. The Morgan fingerprint density at radius 2 is 1.88 bits per heavy atom. The van der Waals surface area contributed by atoms with Crippen LogP contribution < -0.4 is 10.6 Å². The van der Waals surface area contributed by atoms with Crippen LogP contribution in [-0.4, -0.2) is 14.9 Å². The smallest absolute Gasteiger partial charge is 0.176 e. The van der Waals surface area contributed by atoms with Crippen molar-refractivity contribution in [3.8, 4) is 0 Å². The van der Waals surface area contributed by atoms with Crippen LogP contribution in [0.5, 0.6) is 0 Å². The van der Waals surface area contributed by atoms with E-state index in [1.807, 2.05) is 24.3 Å². The van der Waals surface area contributed by atoms with Gasteiger partial charge >= 0.3 is 0 Å². The van der Waals surface area contributed by atoms with E-state index in [-0.39, 0.29) is 5.82 Å². The van der Waals surface area contributed by atoms with Crippen LogP contribution in [-0.2, 0) is 6.54 Å². The summed E-state index contributed by atoms with van der Waals surface area (Å²) in [6.45, 7) is 4.49. The summed E-state index contributed by atoms with van der Waals surface area (Å²) < 4.78 is 15.4. The van der Waals surface area contributed by atoms with E-state index in [1.54, 1.807) is 29.1 Å². The molecule has 2 N–H and O–H groups in total. The maximum Gasteiger partial charge on any atom is 0.176 e. The van der Waals surface area contributed by atoms with Crippen LogP contribution in [0.4, 0.5) is 15.9 Å². The Hall–Kier alpha value is -2.73. The number of nitrogens with one attached hydrogen (secondary N) is 2. The topological polar surface area (TPSA) is 41.9 Å². The van der Waals surface area contributed by atoms with Gasteiger partial charge in [-0.1, -0.05) is 24.3 Å². The van der Waals surface area contributed by atoms with Crippen molar-refractivity contribution in [2.75, 3.05) is 10.6 Å². The fourth-order valence-electron chi connectivity index (χ4n) is 2.42. The summed E-state index contributed by atoms with van der Waals surface area (Å²) in [4.78, 5) is 0. The summed E-state index contributed by atoms with van der Waals surface area (Å²) in [5.41, 5.74) is 3.94. The van der Waals surface area contributed by atoms with Gasteiger partial charge in [0.25, 0.3) is 0 Å². The fourth-order valence-corrected chi connectivity index (χ4v) is 2.64. The number of anilines is 2. The minimum atomic E-state index is -0.237. The zero-order chi connectivity index (χ0) is 17.8. The Morgan fingerprint density at radius 1 is 1.08 bits per heavy atom. The van der Waals surface area contributed by atoms with Gasteiger partial charge in [-0.05, 0) is 55.4 Å². The summed E-state index contributed by atoms with van der Waals surface area (Å²) in [5, 5.41) is 11.0. The molecule has 4 nitrogen and oxygen atoms in total. The molecule has 0 aliphatic rings. The van der Waals surface area contributed by atoms with E-state index in [0.29, 0.717) is 23.0 Å². The third-order valence-electron chi connectivity index (χ3n) is 3.94. The number of nitrogens with zero attached hydrogens (tertiary/aromatic N) is 2. The second kappa shape index (κ2) is 7.44. The lowest BCUT2D eigenvalue weighted by molar-refractivity contribution is 0.586. The minimum absolute atomic E-state index is 0.237. The maximum atomic E-state index is 13.7. The highest BCUT2D eigenvalue weighted by Gasteiger charge is 2.06. The van der Waals surface area contributed by atoms with Crippen molar-refractivity contribution >= 4 is 28.8 Å². The molecule has 0 unspecified atom stereocenters. The highest BCUT2D eigenvalue weighted by molar-refractivity contribution is 7.80. The number of halogens is 1. The molecule has 0 spiro atoms. The maximum absolute atomic E-state index is 13.7. The number of hydrogen-bond donors (Lipinski definition) is 2. The van der Waals surface area contributed by atoms with E-state index >= 15 is 0 Å². The van der Waals surface area contributed by atoms with Crippen molar-refractivity contribution in [3.63, 3.8) is 0 Å². The highest BCUT2D eigenvalue weighted by Crippen LogP contribution is 2.15. The lowest BCUT2D eigenvalue weighted by atomic mass is 10.1. The molecule has 6 heteroatoms. The molecule has 0 bridgehead atoms. The molecule has 25 heavy (non-hydrogen) atoms. The van der Waals surface area contributed by atoms with E-state index in [0.717, 1.165) is 5.69 Å². The SMILES string of the molecule is Cc1ccc(NC(=S)Nc2ccn(Cc3ccccc3F)n2)cc1C. The van der Waals surface area contributed by atoms with E-state index in [4.69, 9.17) is 12.2 Å². The van der Waals surface area contributed by atoms with Gasteiger partial charge in [0.05, 0.1) is 6.54 Å². The van der Waals surface area contributed by atoms with Crippen LogP contribution in [0.3, 0.4) is 0 Å². The minimum Gasteiger partial charge on any atom is -0.332 e. The van der Waals surface area contributed by atoms with Crippen molar-refractivity contribution in [1.82, 2.24) is 9.78 Å². The van der Waals surface area contributed by atoms with Crippen LogP contribution in [0.25, 0.3) is 0 Å². The molecule has 0 atom stereocenters. The van der Waals surface area contributed by atoms with Crippen molar-refractivity contribution in [3.05, 3.63) is 77.2 Å². The van der Waals surface area contributed by atoms with Gasteiger partial charge in [-0.2, -0.15) is 5.10 Å². The lowest BCUT2D eigenvalue weighted by Crippen LogP contribution is -2.19. The number of aryl methyl sites for hydroxylation is 2. The molecule has 0 aliphatic heterocycles. The molecule has 0 radical (unpaired) electrons. The van der Waals surface area contributed by atoms with Gasteiger partial charge in [0.2, 0.25) is 0 Å². The van der Waals surface area contributed by atoms with E-state index < -0.39 is 0 Å². The zero-order valence-electron chi connectivity index (χ0n) is 14.1. The van der Waals surface area contributed by atoms with Gasteiger partial charge in [0, 0.05) is 23.5 Å². The van der Waals surface area contributed by atoms with Crippen molar-refractivity contribution in [2.24, 2.45) is 0 Å². The summed E-state index contributed by atoms with van der Waals surface area (Å²) in [6.07, 6.45) is 1.79. The normalized spacial score (nSPS) is 10.5. The Balaban J connectivity index is 1.61. The fraction of sp³-hybridized carbons (Fsp3) is 0.158. The molecule has 3 rings (SSSR count). The number of hydrogen-bond acceptors (Lipinski definition) is 2. The van der Waals surface area contributed by atoms with Crippen LogP contribution >= 0.6 is 12.2 Å². The Morgan fingerprint density at radius 3 is 2.64 bits per heavy atom. The first-order valence-electron chi connectivity index (χ1n) is 7.93. The molecule has 0 amide bonds. The second-order valence-corrected chi connectivity index (χ2v) is 6.28. The van der Waals surface area contributed by atoms with Crippen LogP contribution in [0, 0.1) is 19.7 Å². The van der Waals surface area contributed by atoms with E-state index in [9.17, 15) is 4.39 Å². The van der Waals surface area contributed by atoms with Crippen LogP contribution in [0.15, 0.2) is 54.7 Å². The molecule has 1 aromatic heterocycles. The van der Waals surface area contributed by atoms with Crippen LogP contribution in [0.1, 0.15) is 16.7 Å². The van der Waals surface area contributed by atoms with Crippen molar-refractivity contribution in [2.45, 2.75) is 20.4 Å². The predicted molar refractivity (Wildman–Crippen MR) is 103 cm³/mol. The Kier molecular flexibility index (Phi) is 5.09. The van der Waals surface area contributed by atoms with E-state index in [2.05, 4.69) is 29.6 Å². The molecule has 0 saturated heterocycles. The van der Waals surface area contributed by atoms with E-state index in [1.165, 1.54) is 17.2 Å². The van der Waals surface area contributed by atoms with Gasteiger partial charge in [-0.15, -0.1) is 0 Å². The third-order valence-corrected chi connectivity index (χ3v) is 4.14. The molecule has 2 aromatic carbocycles. The summed E-state index contributed by atoms with van der Waals surface area (Å²) in [5.74, 6) is 0.372.